The van der Waals surface area contributed by atoms with Crippen LogP contribution in [0.3, 0.4) is 0 Å². The van der Waals surface area contributed by atoms with Gasteiger partial charge < -0.3 is 20.2 Å². The second kappa shape index (κ2) is 7.11. The van der Waals surface area contributed by atoms with Crippen molar-refractivity contribution in [1.82, 2.24) is 4.98 Å². The van der Waals surface area contributed by atoms with E-state index in [1.54, 1.807) is 11.3 Å². The van der Waals surface area contributed by atoms with Crippen molar-refractivity contribution in [3.63, 3.8) is 0 Å². The molecule has 2 atom stereocenters. The summed E-state index contributed by atoms with van der Waals surface area (Å²) in [4.78, 5) is 4.78. The molecule has 0 saturated carbocycles. The van der Waals surface area contributed by atoms with E-state index in [1.807, 2.05) is 6.92 Å². The minimum Gasteiger partial charge on any atom is -0.491 e. The average molecular weight is 394 g/mol. The van der Waals surface area contributed by atoms with Gasteiger partial charge in [0.05, 0.1) is 24.0 Å². The summed E-state index contributed by atoms with van der Waals surface area (Å²) in [7, 11) is -1.81. The summed E-state index contributed by atoms with van der Waals surface area (Å²) in [6.07, 6.45) is 0.967. The summed E-state index contributed by atoms with van der Waals surface area (Å²) >= 11 is 1.65. The number of nitrogens with zero attached hydrogens (tertiary/aromatic N) is 1. The van der Waals surface area contributed by atoms with E-state index in [1.165, 1.54) is 5.56 Å². The van der Waals surface area contributed by atoms with E-state index in [0.717, 1.165) is 34.1 Å². The summed E-state index contributed by atoms with van der Waals surface area (Å²) in [5, 5.41) is 4.57. The molecular formula is C19H31N3O2SSi. The van der Waals surface area contributed by atoms with E-state index >= 15 is 0 Å². The molecule has 0 saturated heterocycles. The Morgan fingerprint density at radius 3 is 2.77 bits per heavy atom. The molecule has 2 heterocycles. The van der Waals surface area contributed by atoms with Gasteiger partial charge in [-0.05, 0) is 36.7 Å². The standard InChI is InChI=1S/C19H31N3O2SSi/c1-12(20)14(11-24-26(5,6)19(2,3)4)21-18-22-16-15(25-18)8-7-13-9-10-23-17(13)16/h7-8,12,14H,9-11,20H2,1-6H3,(H,21,22)/t12-,14+/m0/s1. The molecular weight excluding hydrogens is 362 g/mol. The number of thiazole rings is 1. The molecule has 7 heteroatoms. The van der Waals surface area contributed by atoms with Crippen molar-refractivity contribution in [3.05, 3.63) is 17.7 Å². The molecule has 0 amide bonds. The van der Waals surface area contributed by atoms with Crippen LogP contribution in [0.1, 0.15) is 33.3 Å². The molecule has 1 aliphatic heterocycles. The van der Waals surface area contributed by atoms with E-state index in [-0.39, 0.29) is 17.1 Å². The van der Waals surface area contributed by atoms with Gasteiger partial charge in [-0.3, -0.25) is 0 Å². The van der Waals surface area contributed by atoms with Crippen LogP contribution in [-0.4, -0.2) is 38.6 Å². The molecule has 3 rings (SSSR count). The minimum absolute atomic E-state index is 0.0265. The molecule has 5 nitrogen and oxygen atoms in total. The SMILES string of the molecule is C[C@H](N)[C@@H](CO[Si](C)(C)C(C)(C)C)Nc1nc2c3c(ccc2s1)CCO3. The van der Waals surface area contributed by atoms with Crippen molar-refractivity contribution >= 4 is 35.0 Å². The fraction of sp³-hybridized carbons (Fsp3) is 0.632. The van der Waals surface area contributed by atoms with Gasteiger partial charge in [0.25, 0.3) is 0 Å². The lowest BCUT2D eigenvalue weighted by Gasteiger charge is -2.37. The van der Waals surface area contributed by atoms with Gasteiger partial charge in [0, 0.05) is 12.5 Å². The molecule has 0 bridgehead atoms. The summed E-state index contributed by atoms with van der Waals surface area (Å²) < 4.78 is 13.3. The smallest absolute Gasteiger partial charge is 0.192 e. The number of nitrogens with two attached hydrogens (primary N) is 1. The van der Waals surface area contributed by atoms with Crippen LogP contribution in [0.25, 0.3) is 10.2 Å². The summed E-state index contributed by atoms with van der Waals surface area (Å²) in [5.74, 6) is 0.946. The third kappa shape index (κ3) is 3.90. The monoisotopic (exact) mass is 393 g/mol. The third-order valence-electron chi connectivity index (χ3n) is 5.59. The fourth-order valence-corrected chi connectivity index (χ4v) is 4.65. The zero-order chi connectivity index (χ0) is 19.1. The first-order valence-corrected chi connectivity index (χ1v) is 13.0. The lowest BCUT2D eigenvalue weighted by molar-refractivity contribution is 0.260. The topological polar surface area (TPSA) is 69.4 Å². The van der Waals surface area contributed by atoms with Crippen molar-refractivity contribution in [2.75, 3.05) is 18.5 Å². The lowest BCUT2D eigenvalue weighted by Crippen LogP contribution is -2.48. The Kier molecular flexibility index (Phi) is 5.36. The second-order valence-corrected chi connectivity index (χ2v) is 14.5. The number of nitrogens with one attached hydrogen (secondary N) is 1. The Hall–Kier alpha value is -1.15. The Balaban J connectivity index is 1.75. The first-order chi connectivity index (χ1) is 12.1. The first kappa shape index (κ1) is 19.6. The first-order valence-electron chi connectivity index (χ1n) is 9.30. The van der Waals surface area contributed by atoms with Gasteiger partial charge in [-0.1, -0.05) is 38.2 Å². The lowest BCUT2D eigenvalue weighted by atomic mass is 10.1. The van der Waals surface area contributed by atoms with Gasteiger partial charge in [-0.25, -0.2) is 4.98 Å². The van der Waals surface area contributed by atoms with Gasteiger partial charge in [-0.2, -0.15) is 0 Å². The van der Waals surface area contributed by atoms with Crippen LogP contribution in [0.2, 0.25) is 18.1 Å². The maximum Gasteiger partial charge on any atom is 0.192 e. The Labute approximate surface area is 161 Å². The van der Waals surface area contributed by atoms with Gasteiger partial charge >= 0.3 is 0 Å². The maximum absolute atomic E-state index is 6.39. The molecule has 0 fully saturated rings. The number of fused-ring (bicyclic) bond motifs is 3. The maximum atomic E-state index is 6.39. The summed E-state index contributed by atoms with van der Waals surface area (Å²) in [5.41, 5.74) is 8.44. The molecule has 144 valence electrons. The fourth-order valence-electron chi connectivity index (χ4n) is 2.69. The normalized spacial score (nSPS) is 17.0. The number of hydrogen-bond donors (Lipinski definition) is 2. The van der Waals surface area contributed by atoms with E-state index < -0.39 is 8.32 Å². The number of rotatable bonds is 6. The van der Waals surface area contributed by atoms with Crippen LogP contribution in [0.5, 0.6) is 5.75 Å². The van der Waals surface area contributed by atoms with Crippen LogP contribution >= 0.6 is 11.3 Å². The molecule has 1 aromatic carbocycles. The third-order valence-corrected chi connectivity index (χ3v) is 11.0. The van der Waals surface area contributed by atoms with Crippen molar-refractivity contribution in [1.29, 1.82) is 0 Å². The highest BCUT2D eigenvalue weighted by Gasteiger charge is 2.38. The molecule has 26 heavy (non-hydrogen) atoms. The number of aromatic nitrogens is 1. The predicted octanol–water partition coefficient (Wildman–Crippen LogP) is 4.38. The van der Waals surface area contributed by atoms with Crippen LogP contribution in [0.4, 0.5) is 5.13 Å². The summed E-state index contributed by atoms with van der Waals surface area (Å²) in [6, 6.07) is 4.28. The molecule has 1 aliphatic rings. The molecule has 0 aliphatic carbocycles. The van der Waals surface area contributed by atoms with Crippen molar-refractivity contribution in [2.24, 2.45) is 5.73 Å². The van der Waals surface area contributed by atoms with E-state index in [4.69, 9.17) is 19.9 Å². The van der Waals surface area contributed by atoms with Gasteiger partial charge in [0.2, 0.25) is 0 Å². The van der Waals surface area contributed by atoms with E-state index in [2.05, 4.69) is 51.3 Å². The molecule has 0 radical (unpaired) electrons. The van der Waals surface area contributed by atoms with E-state index in [9.17, 15) is 0 Å². The van der Waals surface area contributed by atoms with Crippen LogP contribution in [-0.2, 0) is 10.8 Å². The molecule has 2 aromatic rings. The number of benzene rings is 1. The Morgan fingerprint density at radius 1 is 1.38 bits per heavy atom. The highest BCUT2D eigenvalue weighted by molar-refractivity contribution is 7.22. The predicted molar refractivity (Wildman–Crippen MR) is 113 cm³/mol. The minimum atomic E-state index is -1.81. The molecule has 0 spiro atoms. The van der Waals surface area contributed by atoms with Gasteiger partial charge in [0.15, 0.2) is 13.4 Å². The zero-order valence-electron chi connectivity index (χ0n) is 16.7. The van der Waals surface area contributed by atoms with Crippen LogP contribution in [0.15, 0.2) is 12.1 Å². The highest BCUT2D eigenvalue weighted by Crippen LogP contribution is 2.39. The van der Waals surface area contributed by atoms with E-state index in [0.29, 0.717) is 6.61 Å². The average Bonchev–Trinajstić information content (AvgIpc) is 3.15. The Morgan fingerprint density at radius 2 is 2.12 bits per heavy atom. The van der Waals surface area contributed by atoms with Gasteiger partial charge in [-0.15, -0.1) is 0 Å². The van der Waals surface area contributed by atoms with Gasteiger partial charge in [0.1, 0.15) is 11.3 Å². The molecule has 3 N–H and O–H groups in total. The largest absolute Gasteiger partial charge is 0.491 e. The second-order valence-electron chi connectivity index (χ2n) is 8.70. The molecule has 1 aromatic heterocycles. The number of hydrogen-bond acceptors (Lipinski definition) is 6. The number of ether oxygens (including phenoxy) is 1. The van der Waals surface area contributed by atoms with Crippen molar-refractivity contribution in [2.45, 2.75) is 64.3 Å². The van der Waals surface area contributed by atoms with Crippen LogP contribution < -0.4 is 15.8 Å². The summed E-state index contributed by atoms with van der Waals surface area (Å²) in [6.45, 7) is 14.6. The zero-order valence-corrected chi connectivity index (χ0v) is 18.5. The van der Waals surface area contributed by atoms with Crippen molar-refractivity contribution < 1.29 is 9.16 Å². The molecule has 0 unspecified atom stereocenters. The number of anilines is 1. The highest BCUT2D eigenvalue weighted by atomic mass is 32.1. The quantitative estimate of drug-likeness (QED) is 0.713. The van der Waals surface area contributed by atoms with Crippen molar-refractivity contribution in [3.8, 4) is 5.75 Å². The Bertz CT molecular complexity index is 783. The van der Waals surface area contributed by atoms with Crippen LogP contribution in [0, 0.1) is 0 Å².